The molecular formula is C14H15NS. The fourth-order valence-electron chi connectivity index (χ4n) is 1.79. The Balaban J connectivity index is 2.49. The topological polar surface area (TPSA) is 12.9 Å². The fraction of sp³-hybridized carbons (Fsp3) is 0.214. The molecule has 0 unspecified atom stereocenters. The minimum atomic E-state index is 1.06. The predicted octanol–water partition coefficient (Wildman–Crippen LogP) is 4.09. The van der Waals surface area contributed by atoms with Crippen molar-refractivity contribution in [1.29, 1.82) is 0 Å². The molecule has 2 aromatic rings. The summed E-state index contributed by atoms with van der Waals surface area (Å²) in [6, 6.07) is 10.7. The van der Waals surface area contributed by atoms with E-state index in [-0.39, 0.29) is 0 Å². The summed E-state index contributed by atoms with van der Waals surface area (Å²) in [6.07, 6.45) is 3.96. The van der Waals surface area contributed by atoms with Gasteiger partial charge in [0.05, 0.1) is 5.69 Å². The second-order valence-corrected chi connectivity index (χ2v) is 4.78. The fourth-order valence-corrected chi connectivity index (χ4v) is 2.21. The van der Waals surface area contributed by atoms with Gasteiger partial charge in [-0.2, -0.15) is 0 Å². The van der Waals surface area contributed by atoms with Gasteiger partial charge in [0, 0.05) is 16.7 Å². The average Bonchev–Trinajstić information content (AvgIpc) is 2.29. The van der Waals surface area contributed by atoms with Crippen molar-refractivity contribution in [1.82, 2.24) is 4.98 Å². The summed E-state index contributed by atoms with van der Waals surface area (Å²) in [5, 5.41) is 0. The Morgan fingerprint density at radius 3 is 2.56 bits per heavy atom. The highest BCUT2D eigenvalue weighted by molar-refractivity contribution is 7.98. The molecule has 0 radical (unpaired) electrons. The van der Waals surface area contributed by atoms with Gasteiger partial charge in [-0.05, 0) is 37.8 Å². The summed E-state index contributed by atoms with van der Waals surface area (Å²) in [7, 11) is 0. The summed E-state index contributed by atoms with van der Waals surface area (Å²) in [5.74, 6) is 0. The molecule has 0 atom stereocenters. The zero-order valence-corrected chi connectivity index (χ0v) is 10.6. The van der Waals surface area contributed by atoms with Crippen molar-refractivity contribution < 1.29 is 0 Å². The van der Waals surface area contributed by atoms with E-state index in [0.717, 1.165) is 5.69 Å². The number of aryl methyl sites for hydroxylation is 2. The van der Waals surface area contributed by atoms with E-state index in [4.69, 9.17) is 0 Å². The van der Waals surface area contributed by atoms with Gasteiger partial charge in [-0.3, -0.25) is 4.98 Å². The van der Waals surface area contributed by atoms with Gasteiger partial charge < -0.3 is 0 Å². The lowest BCUT2D eigenvalue weighted by Crippen LogP contribution is -1.88. The summed E-state index contributed by atoms with van der Waals surface area (Å²) in [4.78, 5) is 5.69. The van der Waals surface area contributed by atoms with Gasteiger partial charge in [0.2, 0.25) is 0 Å². The summed E-state index contributed by atoms with van der Waals surface area (Å²) in [5.41, 5.74) is 4.86. The highest BCUT2D eigenvalue weighted by Gasteiger charge is 2.03. The molecular weight excluding hydrogens is 214 g/mol. The zero-order chi connectivity index (χ0) is 11.5. The quantitative estimate of drug-likeness (QED) is 0.719. The van der Waals surface area contributed by atoms with E-state index in [1.807, 2.05) is 12.3 Å². The zero-order valence-electron chi connectivity index (χ0n) is 9.82. The number of pyridine rings is 1. The smallest absolute Gasteiger partial charge is 0.0715 e. The highest BCUT2D eigenvalue weighted by Crippen LogP contribution is 2.25. The molecule has 1 nitrogen and oxygen atoms in total. The van der Waals surface area contributed by atoms with Crippen LogP contribution in [0.2, 0.25) is 0 Å². The molecule has 1 aromatic heterocycles. The Kier molecular flexibility index (Phi) is 3.30. The summed E-state index contributed by atoms with van der Waals surface area (Å²) in [6.45, 7) is 4.25. The number of thioether (sulfide) groups is 1. The third-order valence-electron chi connectivity index (χ3n) is 2.62. The summed E-state index contributed by atoms with van der Waals surface area (Å²) >= 11 is 1.75. The molecule has 1 heterocycles. The van der Waals surface area contributed by atoms with Crippen LogP contribution in [0, 0.1) is 13.8 Å². The Bertz CT molecular complexity index is 506. The number of benzene rings is 1. The van der Waals surface area contributed by atoms with Gasteiger partial charge in [0.15, 0.2) is 0 Å². The highest BCUT2D eigenvalue weighted by atomic mass is 32.2. The van der Waals surface area contributed by atoms with E-state index >= 15 is 0 Å². The molecule has 82 valence electrons. The molecule has 0 fully saturated rings. The number of aromatic nitrogens is 1. The molecule has 0 aliphatic rings. The SMILES string of the molecule is CSc1ccnc(-c2ccc(C)cc2C)c1. The van der Waals surface area contributed by atoms with E-state index in [2.05, 4.69) is 49.4 Å². The molecule has 0 bridgehead atoms. The number of nitrogens with zero attached hydrogens (tertiary/aromatic N) is 1. The number of hydrogen-bond acceptors (Lipinski definition) is 2. The van der Waals surface area contributed by atoms with Crippen molar-refractivity contribution in [3.8, 4) is 11.3 Å². The van der Waals surface area contributed by atoms with Gasteiger partial charge in [-0.1, -0.05) is 23.8 Å². The lowest BCUT2D eigenvalue weighted by atomic mass is 10.0. The van der Waals surface area contributed by atoms with Crippen LogP contribution in [0.25, 0.3) is 11.3 Å². The van der Waals surface area contributed by atoms with Crippen LogP contribution in [-0.4, -0.2) is 11.2 Å². The van der Waals surface area contributed by atoms with Crippen LogP contribution in [-0.2, 0) is 0 Å². The molecule has 0 spiro atoms. The summed E-state index contributed by atoms with van der Waals surface area (Å²) < 4.78 is 0. The molecule has 0 N–H and O–H groups in total. The van der Waals surface area contributed by atoms with Crippen molar-refractivity contribution in [2.24, 2.45) is 0 Å². The predicted molar refractivity (Wildman–Crippen MR) is 70.9 cm³/mol. The number of hydrogen-bond donors (Lipinski definition) is 0. The van der Waals surface area contributed by atoms with E-state index in [0.29, 0.717) is 0 Å². The Hall–Kier alpha value is -1.28. The average molecular weight is 229 g/mol. The van der Waals surface area contributed by atoms with Crippen molar-refractivity contribution >= 4 is 11.8 Å². The Morgan fingerprint density at radius 1 is 1.06 bits per heavy atom. The minimum Gasteiger partial charge on any atom is -0.256 e. The van der Waals surface area contributed by atoms with Crippen LogP contribution in [0.3, 0.4) is 0 Å². The van der Waals surface area contributed by atoms with Crippen LogP contribution in [0.15, 0.2) is 41.4 Å². The first-order valence-corrected chi connectivity index (χ1v) is 6.51. The van der Waals surface area contributed by atoms with E-state index in [9.17, 15) is 0 Å². The first kappa shape index (κ1) is 11.2. The first-order chi connectivity index (χ1) is 7.70. The van der Waals surface area contributed by atoms with Crippen molar-refractivity contribution in [3.63, 3.8) is 0 Å². The van der Waals surface area contributed by atoms with Gasteiger partial charge in [0.1, 0.15) is 0 Å². The molecule has 0 saturated heterocycles. The third-order valence-corrected chi connectivity index (χ3v) is 3.35. The maximum atomic E-state index is 4.43. The van der Waals surface area contributed by atoms with Crippen molar-refractivity contribution in [2.75, 3.05) is 6.26 Å². The molecule has 2 heteroatoms. The monoisotopic (exact) mass is 229 g/mol. The molecule has 0 aliphatic heterocycles. The van der Waals surface area contributed by atoms with Gasteiger partial charge >= 0.3 is 0 Å². The molecule has 1 aromatic carbocycles. The minimum absolute atomic E-state index is 1.06. The van der Waals surface area contributed by atoms with Crippen LogP contribution in [0.1, 0.15) is 11.1 Å². The standard InChI is InChI=1S/C14H15NS/c1-10-4-5-13(11(2)8-10)14-9-12(16-3)6-7-15-14/h4-9H,1-3H3. The van der Waals surface area contributed by atoms with E-state index in [1.165, 1.54) is 21.6 Å². The first-order valence-electron chi connectivity index (χ1n) is 5.28. The maximum Gasteiger partial charge on any atom is 0.0715 e. The molecule has 16 heavy (non-hydrogen) atoms. The molecule has 0 amide bonds. The van der Waals surface area contributed by atoms with Crippen LogP contribution < -0.4 is 0 Å². The molecule has 0 aliphatic carbocycles. The Labute approximate surface area is 101 Å². The lowest BCUT2D eigenvalue weighted by molar-refractivity contribution is 1.25. The molecule has 0 saturated carbocycles. The van der Waals surface area contributed by atoms with Crippen LogP contribution in [0.4, 0.5) is 0 Å². The third kappa shape index (κ3) is 2.27. The Morgan fingerprint density at radius 2 is 1.88 bits per heavy atom. The van der Waals surface area contributed by atoms with Crippen LogP contribution in [0.5, 0.6) is 0 Å². The van der Waals surface area contributed by atoms with E-state index < -0.39 is 0 Å². The second kappa shape index (κ2) is 4.71. The van der Waals surface area contributed by atoms with Crippen molar-refractivity contribution in [2.45, 2.75) is 18.7 Å². The van der Waals surface area contributed by atoms with Gasteiger partial charge in [0.25, 0.3) is 0 Å². The second-order valence-electron chi connectivity index (χ2n) is 3.90. The van der Waals surface area contributed by atoms with Crippen molar-refractivity contribution in [3.05, 3.63) is 47.7 Å². The van der Waals surface area contributed by atoms with Gasteiger partial charge in [-0.15, -0.1) is 11.8 Å². The normalized spacial score (nSPS) is 10.4. The molecule has 2 rings (SSSR count). The van der Waals surface area contributed by atoms with Crippen LogP contribution >= 0.6 is 11.8 Å². The lowest BCUT2D eigenvalue weighted by Gasteiger charge is -2.07. The van der Waals surface area contributed by atoms with E-state index in [1.54, 1.807) is 11.8 Å². The largest absolute Gasteiger partial charge is 0.256 e. The van der Waals surface area contributed by atoms with Gasteiger partial charge in [-0.25, -0.2) is 0 Å². The maximum absolute atomic E-state index is 4.43. The number of rotatable bonds is 2.